The lowest BCUT2D eigenvalue weighted by atomic mass is 10.2. The zero-order valence-corrected chi connectivity index (χ0v) is 10.7. The lowest BCUT2D eigenvalue weighted by Crippen LogP contribution is -2.33. The molecular formula is C10H14BrN3O2. The second-order valence-corrected chi connectivity index (χ2v) is 4.54. The number of anilines is 1. The Bertz CT molecular complexity index is 396. The highest BCUT2D eigenvalue weighted by atomic mass is 79.9. The van der Waals surface area contributed by atoms with Gasteiger partial charge in [0, 0.05) is 24.3 Å². The highest BCUT2D eigenvalue weighted by Crippen LogP contribution is 2.17. The van der Waals surface area contributed by atoms with Gasteiger partial charge in [-0.05, 0) is 28.9 Å². The van der Waals surface area contributed by atoms with Crippen LogP contribution in [0.5, 0.6) is 0 Å². The van der Waals surface area contributed by atoms with Crippen molar-refractivity contribution in [3.63, 3.8) is 0 Å². The monoisotopic (exact) mass is 287 g/mol. The van der Waals surface area contributed by atoms with Crippen LogP contribution in [0.25, 0.3) is 0 Å². The van der Waals surface area contributed by atoms with Crippen LogP contribution in [0.1, 0.15) is 17.3 Å². The molecule has 0 bridgehead atoms. The average molecular weight is 288 g/mol. The zero-order valence-electron chi connectivity index (χ0n) is 9.14. The van der Waals surface area contributed by atoms with E-state index >= 15 is 0 Å². The van der Waals surface area contributed by atoms with Crippen LogP contribution in [0.4, 0.5) is 5.82 Å². The van der Waals surface area contributed by atoms with E-state index in [2.05, 4.69) is 20.9 Å². The molecular weight excluding hydrogens is 274 g/mol. The molecule has 5 nitrogen and oxygen atoms in total. The Labute approximate surface area is 102 Å². The van der Waals surface area contributed by atoms with Crippen LogP contribution >= 0.6 is 15.9 Å². The predicted octanol–water partition coefficient (Wildman–Crippen LogP) is 0.879. The van der Waals surface area contributed by atoms with Gasteiger partial charge in [-0.3, -0.25) is 4.79 Å². The fraction of sp³-hybridized carbons (Fsp3) is 0.400. The topological polar surface area (TPSA) is 79.5 Å². The summed E-state index contributed by atoms with van der Waals surface area (Å²) >= 11 is 3.23. The van der Waals surface area contributed by atoms with Gasteiger partial charge in [-0.15, -0.1) is 0 Å². The van der Waals surface area contributed by atoms with Crippen molar-refractivity contribution in [2.24, 2.45) is 0 Å². The molecule has 0 aliphatic carbocycles. The maximum Gasteiger partial charge on any atom is 0.257 e. The number of aliphatic hydroxyl groups is 1. The Balaban J connectivity index is 2.91. The highest BCUT2D eigenvalue weighted by molar-refractivity contribution is 9.10. The number of pyridine rings is 1. The van der Waals surface area contributed by atoms with Crippen molar-refractivity contribution in [1.82, 2.24) is 9.88 Å². The van der Waals surface area contributed by atoms with Gasteiger partial charge < -0.3 is 15.7 Å². The van der Waals surface area contributed by atoms with Crippen LogP contribution in [0, 0.1) is 0 Å². The number of hydrogen-bond acceptors (Lipinski definition) is 4. The van der Waals surface area contributed by atoms with Crippen LogP contribution in [0.3, 0.4) is 0 Å². The molecule has 1 aromatic rings. The number of nitrogens with zero attached hydrogens (tertiary/aromatic N) is 2. The van der Waals surface area contributed by atoms with Crippen LogP contribution in [0.15, 0.2) is 16.7 Å². The fourth-order valence-corrected chi connectivity index (χ4v) is 1.64. The lowest BCUT2D eigenvalue weighted by Gasteiger charge is -2.19. The van der Waals surface area contributed by atoms with Gasteiger partial charge in [-0.2, -0.15) is 0 Å². The molecule has 16 heavy (non-hydrogen) atoms. The summed E-state index contributed by atoms with van der Waals surface area (Å²) in [6.07, 6.45) is 0.955. The first-order valence-corrected chi connectivity index (χ1v) is 5.55. The zero-order chi connectivity index (χ0) is 12.3. The smallest absolute Gasteiger partial charge is 0.257 e. The van der Waals surface area contributed by atoms with Gasteiger partial charge in [0.05, 0.1) is 11.7 Å². The Morgan fingerprint density at radius 2 is 2.38 bits per heavy atom. The third kappa shape index (κ3) is 3.18. The van der Waals surface area contributed by atoms with Crippen LogP contribution in [-0.2, 0) is 0 Å². The first-order valence-electron chi connectivity index (χ1n) is 4.76. The van der Waals surface area contributed by atoms with Crippen molar-refractivity contribution in [3.8, 4) is 0 Å². The lowest BCUT2D eigenvalue weighted by molar-refractivity contribution is 0.0704. The average Bonchev–Trinajstić information content (AvgIpc) is 2.19. The normalized spacial score (nSPS) is 12.2. The number of halogens is 1. The number of amides is 1. The van der Waals surface area contributed by atoms with E-state index in [9.17, 15) is 9.90 Å². The summed E-state index contributed by atoms with van der Waals surface area (Å²) in [5, 5.41) is 9.19. The summed E-state index contributed by atoms with van der Waals surface area (Å²) in [5.41, 5.74) is 5.95. The first-order chi connectivity index (χ1) is 7.41. The molecule has 0 spiro atoms. The summed E-state index contributed by atoms with van der Waals surface area (Å²) < 4.78 is 0.690. The van der Waals surface area contributed by atoms with Gasteiger partial charge in [0.25, 0.3) is 5.91 Å². The van der Waals surface area contributed by atoms with Gasteiger partial charge in [0.1, 0.15) is 5.82 Å². The van der Waals surface area contributed by atoms with Crippen molar-refractivity contribution in [2.75, 3.05) is 19.3 Å². The van der Waals surface area contributed by atoms with Crippen LogP contribution in [0.2, 0.25) is 0 Å². The van der Waals surface area contributed by atoms with Gasteiger partial charge in [0.2, 0.25) is 0 Å². The molecule has 0 radical (unpaired) electrons. The van der Waals surface area contributed by atoms with Crippen molar-refractivity contribution < 1.29 is 9.90 Å². The number of nitrogen functional groups attached to an aromatic ring is 1. The molecule has 6 heteroatoms. The molecule has 1 amide bonds. The molecule has 1 aromatic heterocycles. The van der Waals surface area contributed by atoms with Gasteiger partial charge in [-0.25, -0.2) is 4.98 Å². The SMILES string of the molecule is CC(O)CN(C)C(=O)c1cc(Br)cnc1N. The number of carbonyl (C=O) groups excluding carboxylic acids is 1. The molecule has 0 saturated carbocycles. The molecule has 0 fully saturated rings. The van der Waals surface area contributed by atoms with Crippen molar-refractivity contribution in [1.29, 1.82) is 0 Å². The molecule has 88 valence electrons. The second-order valence-electron chi connectivity index (χ2n) is 3.62. The predicted molar refractivity (Wildman–Crippen MR) is 65.0 cm³/mol. The standard InChI is InChI=1S/C10H14BrN3O2/c1-6(15)5-14(2)10(16)8-3-7(11)4-13-9(8)12/h3-4,6,15H,5H2,1-2H3,(H2,12,13). The van der Waals surface area contributed by atoms with Gasteiger partial charge in [0.15, 0.2) is 0 Å². The van der Waals surface area contributed by atoms with Crippen molar-refractivity contribution >= 4 is 27.7 Å². The number of aliphatic hydroxyl groups excluding tert-OH is 1. The molecule has 3 N–H and O–H groups in total. The Kier molecular flexibility index (Phi) is 4.26. The molecule has 0 aliphatic heterocycles. The van der Waals surface area contributed by atoms with Gasteiger partial charge in [-0.1, -0.05) is 0 Å². The summed E-state index contributed by atoms with van der Waals surface area (Å²) in [5.74, 6) is -0.0714. The molecule has 1 rings (SSSR count). The number of hydrogen-bond donors (Lipinski definition) is 2. The Morgan fingerprint density at radius 1 is 1.75 bits per heavy atom. The van der Waals surface area contributed by atoms with E-state index in [-0.39, 0.29) is 18.3 Å². The van der Waals surface area contributed by atoms with E-state index in [0.29, 0.717) is 10.0 Å². The molecule has 1 unspecified atom stereocenters. The summed E-state index contributed by atoms with van der Waals surface area (Å²) in [6, 6.07) is 1.61. The molecule has 0 saturated heterocycles. The minimum absolute atomic E-state index is 0.186. The van der Waals surface area contributed by atoms with Crippen molar-refractivity contribution in [3.05, 3.63) is 22.3 Å². The summed E-state index contributed by atoms with van der Waals surface area (Å²) in [6.45, 7) is 1.87. The summed E-state index contributed by atoms with van der Waals surface area (Å²) in [4.78, 5) is 17.2. The van der Waals surface area contributed by atoms with E-state index in [1.54, 1.807) is 20.0 Å². The maximum atomic E-state index is 11.9. The number of nitrogens with two attached hydrogens (primary N) is 1. The van der Waals surface area contributed by atoms with E-state index in [0.717, 1.165) is 0 Å². The van der Waals surface area contributed by atoms with Crippen molar-refractivity contribution in [2.45, 2.75) is 13.0 Å². The fourth-order valence-electron chi connectivity index (χ4n) is 1.31. The summed E-state index contributed by atoms with van der Waals surface area (Å²) in [7, 11) is 1.61. The van der Waals surface area contributed by atoms with E-state index < -0.39 is 6.10 Å². The molecule has 0 aromatic carbocycles. The van der Waals surface area contributed by atoms with E-state index in [4.69, 9.17) is 5.73 Å². The second kappa shape index (κ2) is 5.27. The van der Waals surface area contributed by atoms with E-state index in [1.807, 2.05) is 0 Å². The van der Waals surface area contributed by atoms with E-state index in [1.165, 1.54) is 11.1 Å². The number of rotatable bonds is 3. The maximum absolute atomic E-state index is 11.9. The number of carbonyl (C=O) groups is 1. The number of aromatic nitrogens is 1. The van der Waals surface area contributed by atoms with Gasteiger partial charge >= 0.3 is 0 Å². The largest absolute Gasteiger partial charge is 0.392 e. The van der Waals surface area contributed by atoms with Crippen LogP contribution in [-0.4, -0.2) is 40.6 Å². The quantitative estimate of drug-likeness (QED) is 0.865. The Hall–Kier alpha value is -1.14. The number of likely N-dealkylation sites (N-methyl/N-ethyl adjacent to an activating group) is 1. The van der Waals surface area contributed by atoms with Crippen LogP contribution < -0.4 is 5.73 Å². The minimum atomic E-state index is -0.574. The first kappa shape index (κ1) is 12.9. The molecule has 0 aliphatic rings. The Morgan fingerprint density at radius 3 is 2.94 bits per heavy atom. The highest BCUT2D eigenvalue weighted by Gasteiger charge is 2.17. The third-order valence-electron chi connectivity index (χ3n) is 2.00. The minimum Gasteiger partial charge on any atom is -0.392 e. The molecule has 1 heterocycles. The third-order valence-corrected chi connectivity index (χ3v) is 2.43. The molecule has 1 atom stereocenters.